The molecule has 0 bridgehead atoms. The number of halogens is 4. The van der Waals surface area contributed by atoms with E-state index in [9.17, 15) is 23.1 Å². The fourth-order valence-electron chi connectivity index (χ4n) is 2.13. The fourth-order valence-corrected chi connectivity index (χ4v) is 2.25. The highest BCUT2D eigenvalue weighted by atomic mass is 35.5. The highest BCUT2D eigenvalue weighted by Gasteiger charge is 2.63. The molecule has 0 aliphatic carbocycles. The van der Waals surface area contributed by atoms with Crippen molar-refractivity contribution in [3.05, 3.63) is 34.9 Å². The van der Waals surface area contributed by atoms with Crippen molar-refractivity contribution in [2.45, 2.75) is 24.7 Å². The van der Waals surface area contributed by atoms with Gasteiger partial charge < -0.3 is 9.84 Å². The van der Waals surface area contributed by atoms with Crippen molar-refractivity contribution < 1.29 is 27.8 Å². The van der Waals surface area contributed by atoms with Crippen LogP contribution in [0.4, 0.5) is 13.2 Å². The summed E-state index contributed by atoms with van der Waals surface area (Å²) in [5, 5.41) is 14.1. The summed E-state index contributed by atoms with van der Waals surface area (Å²) in [6, 6.07) is 5.27. The van der Waals surface area contributed by atoms with Crippen molar-refractivity contribution in [1.82, 2.24) is 5.01 Å². The summed E-state index contributed by atoms with van der Waals surface area (Å²) >= 11 is 5.69. The number of carbonyl (C=O) groups is 1. The van der Waals surface area contributed by atoms with Crippen LogP contribution < -0.4 is 0 Å². The van der Waals surface area contributed by atoms with Gasteiger partial charge in [-0.25, -0.2) is 0 Å². The first-order chi connectivity index (χ1) is 10.7. The van der Waals surface area contributed by atoms with Crippen molar-refractivity contribution >= 4 is 23.2 Å². The summed E-state index contributed by atoms with van der Waals surface area (Å²) in [6.07, 6.45) is -5.77. The zero-order valence-corrected chi connectivity index (χ0v) is 12.9. The highest BCUT2D eigenvalue weighted by molar-refractivity contribution is 6.30. The van der Waals surface area contributed by atoms with E-state index in [1.165, 1.54) is 31.4 Å². The molecule has 1 N–H and O–H groups in total. The average Bonchev–Trinajstić information content (AvgIpc) is 2.83. The number of amides is 1. The summed E-state index contributed by atoms with van der Waals surface area (Å²) in [4.78, 5) is 12.3. The van der Waals surface area contributed by atoms with Crippen LogP contribution in [0.25, 0.3) is 0 Å². The molecule has 1 unspecified atom stereocenters. The second-order valence-corrected chi connectivity index (χ2v) is 5.46. The Morgan fingerprint density at radius 1 is 1.43 bits per heavy atom. The van der Waals surface area contributed by atoms with Gasteiger partial charge in [-0.1, -0.05) is 11.6 Å². The van der Waals surface area contributed by atoms with Gasteiger partial charge in [-0.2, -0.15) is 23.3 Å². The lowest BCUT2D eigenvalue weighted by Crippen LogP contribution is -2.56. The Balaban J connectivity index is 2.35. The van der Waals surface area contributed by atoms with Crippen molar-refractivity contribution in [3.63, 3.8) is 0 Å². The van der Waals surface area contributed by atoms with Gasteiger partial charge in [0.1, 0.15) is 0 Å². The maximum Gasteiger partial charge on any atom is 0.438 e. The summed E-state index contributed by atoms with van der Waals surface area (Å²) in [5.74, 6) is -1.06. The van der Waals surface area contributed by atoms with Gasteiger partial charge in [-0.15, -0.1) is 0 Å². The molecule has 0 aromatic heterocycles. The number of methoxy groups -OCH3 is 1. The molecule has 0 saturated carbocycles. The van der Waals surface area contributed by atoms with Crippen LogP contribution in [0.15, 0.2) is 29.4 Å². The Bertz CT molecular complexity index is 619. The zero-order valence-electron chi connectivity index (χ0n) is 12.1. The molecule has 0 radical (unpaired) electrons. The highest BCUT2D eigenvalue weighted by Crippen LogP contribution is 2.41. The minimum absolute atomic E-state index is 0.0361. The number of ether oxygens (including phenoxy) is 1. The quantitative estimate of drug-likeness (QED) is 0.908. The van der Waals surface area contributed by atoms with E-state index in [0.717, 1.165) is 0 Å². The molecule has 0 spiro atoms. The Hall–Kier alpha value is -1.64. The van der Waals surface area contributed by atoms with E-state index >= 15 is 0 Å². The van der Waals surface area contributed by atoms with Crippen molar-refractivity contribution in [2.24, 2.45) is 5.10 Å². The molecule has 0 saturated heterocycles. The number of rotatable bonds is 4. The SMILES string of the molecule is COCCC1=NN(C(=O)c2ccc(Cl)cc2)C(O)(C(F)(F)F)C1. The van der Waals surface area contributed by atoms with E-state index in [4.69, 9.17) is 16.3 Å². The molecule has 1 aromatic carbocycles. The lowest BCUT2D eigenvalue weighted by molar-refractivity contribution is -0.297. The van der Waals surface area contributed by atoms with E-state index in [0.29, 0.717) is 5.02 Å². The molecule has 5 nitrogen and oxygen atoms in total. The summed E-state index contributed by atoms with van der Waals surface area (Å²) < 4.78 is 44.6. The number of hydrogen-bond donors (Lipinski definition) is 1. The van der Waals surface area contributed by atoms with E-state index in [-0.39, 0.29) is 29.3 Å². The molecule has 9 heteroatoms. The number of aliphatic hydroxyl groups is 1. The number of alkyl halides is 3. The number of carbonyl (C=O) groups excluding carboxylic acids is 1. The van der Waals surface area contributed by atoms with Crippen LogP contribution in [0.5, 0.6) is 0 Å². The van der Waals surface area contributed by atoms with E-state index in [1.54, 1.807) is 0 Å². The monoisotopic (exact) mass is 350 g/mol. The summed E-state index contributed by atoms with van der Waals surface area (Å²) in [5.41, 5.74) is -3.39. The number of benzene rings is 1. The van der Waals surface area contributed by atoms with Crippen LogP contribution in [0.2, 0.25) is 5.02 Å². The maximum absolute atomic E-state index is 13.3. The first-order valence-electron chi connectivity index (χ1n) is 6.63. The van der Waals surface area contributed by atoms with Crippen LogP contribution in [0, 0.1) is 0 Å². The molecule has 23 heavy (non-hydrogen) atoms. The third-order valence-corrected chi connectivity index (χ3v) is 3.63. The average molecular weight is 351 g/mol. The number of nitrogens with zero attached hydrogens (tertiary/aromatic N) is 2. The Morgan fingerprint density at radius 2 is 2.04 bits per heavy atom. The van der Waals surface area contributed by atoms with Crippen LogP contribution in [0.3, 0.4) is 0 Å². The standard InChI is InChI=1S/C14H14ClF3N2O3/c1-23-7-6-11-8-13(22,14(16,17)18)20(19-11)12(21)9-2-4-10(15)5-3-9/h2-5,22H,6-8H2,1H3. The van der Waals surface area contributed by atoms with Gasteiger partial charge in [0.25, 0.3) is 11.6 Å². The van der Waals surface area contributed by atoms with Gasteiger partial charge in [0.05, 0.1) is 6.61 Å². The molecule has 1 atom stereocenters. The van der Waals surface area contributed by atoms with Gasteiger partial charge in [0.15, 0.2) is 0 Å². The smallest absolute Gasteiger partial charge is 0.384 e. The van der Waals surface area contributed by atoms with Gasteiger partial charge >= 0.3 is 6.18 Å². The zero-order chi connectivity index (χ0) is 17.3. The Labute approximate surface area is 135 Å². The van der Waals surface area contributed by atoms with Crippen molar-refractivity contribution in [1.29, 1.82) is 0 Å². The van der Waals surface area contributed by atoms with Gasteiger partial charge in [0.2, 0.25) is 0 Å². The first kappa shape index (κ1) is 17.7. The van der Waals surface area contributed by atoms with E-state index in [1.807, 2.05) is 0 Å². The minimum Gasteiger partial charge on any atom is -0.384 e. The molecule has 126 valence electrons. The molecule has 1 aliphatic rings. The second kappa shape index (κ2) is 6.46. The molecule has 1 aromatic rings. The second-order valence-electron chi connectivity index (χ2n) is 5.02. The van der Waals surface area contributed by atoms with Crippen molar-refractivity contribution in [2.75, 3.05) is 13.7 Å². The number of hydrazone groups is 1. The van der Waals surface area contributed by atoms with Crippen LogP contribution in [0.1, 0.15) is 23.2 Å². The molecule has 1 aliphatic heterocycles. The van der Waals surface area contributed by atoms with Crippen molar-refractivity contribution in [3.8, 4) is 0 Å². The largest absolute Gasteiger partial charge is 0.438 e. The molecule has 2 rings (SSSR count). The predicted molar refractivity (Wildman–Crippen MR) is 77.2 cm³/mol. The predicted octanol–water partition coefficient (Wildman–Crippen LogP) is 2.83. The Kier molecular flexibility index (Phi) is 4.98. The minimum atomic E-state index is -5.05. The number of hydrogen-bond acceptors (Lipinski definition) is 4. The lowest BCUT2D eigenvalue weighted by Gasteiger charge is -2.32. The van der Waals surface area contributed by atoms with Gasteiger partial charge in [-0.05, 0) is 24.3 Å². The first-order valence-corrected chi connectivity index (χ1v) is 7.01. The molecule has 1 amide bonds. The van der Waals surface area contributed by atoms with Crippen LogP contribution in [-0.2, 0) is 4.74 Å². The van der Waals surface area contributed by atoms with E-state index < -0.39 is 24.2 Å². The fraction of sp³-hybridized carbons (Fsp3) is 0.429. The topological polar surface area (TPSA) is 62.1 Å². The molecule has 0 fully saturated rings. The summed E-state index contributed by atoms with van der Waals surface area (Å²) in [7, 11) is 1.39. The molecule has 1 heterocycles. The Morgan fingerprint density at radius 3 is 2.57 bits per heavy atom. The molecular weight excluding hydrogens is 337 g/mol. The van der Waals surface area contributed by atoms with E-state index in [2.05, 4.69) is 5.10 Å². The van der Waals surface area contributed by atoms with Gasteiger partial charge in [-0.3, -0.25) is 4.79 Å². The lowest BCUT2D eigenvalue weighted by atomic mass is 10.0. The third kappa shape index (κ3) is 3.49. The summed E-state index contributed by atoms with van der Waals surface area (Å²) in [6.45, 7) is 0.135. The maximum atomic E-state index is 13.3. The normalized spacial score (nSPS) is 21.5. The van der Waals surface area contributed by atoms with Crippen LogP contribution in [-0.4, -0.2) is 47.4 Å². The van der Waals surface area contributed by atoms with Crippen LogP contribution >= 0.6 is 11.6 Å². The molecular formula is C14H14ClF3N2O3. The van der Waals surface area contributed by atoms with Gasteiger partial charge in [0, 0.05) is 36.2 Å². The third-order valence-electron chi connectivity index (χ3n) is 3.37.